The molecule has 2 aromatic rings. The zero-order valence-corrected chi connectivity index (χ0v) is 18.2. The largest absolute Gasteiger partial charge is 0.468 e. The first-order valence-electron chi connectivity index (χ1n) is 9.90. The number of amides is 1. The van der Waals surface area contributed by atoms with Gasteiger partial charge in [0.05, 0.1) is 22.7 Å². The second-order valence-electron chi connectivity index (χ2n) is 8.77. The summed E-state index contributed by atoms with van der Waals surface area (Å²) in [6.07, 6.45) is 6.88. The number of nitrogens with zero attached hydrogens (tertiary/aromatic N) is 2. The van der Waals surface area contributed by atoms with Crippen molar-refractivity contribution >= 4 is 49.4 Å². The number of hydrogen-bond acceptors (Lipinski definition) is 4. The van der Waals surface area contributed by atoms with Crippen molar-refractivity contribution in [3.05, 3.63) is 27.5 Å². The van der Waals surface area contributed by atoms with Gasteiger partial charge in [0.15, 0.2) is 4.80 Å². The number of ether oxygens (including phenoxy) is 1. The van der Waals surface area contributed by atoms with Gasteiger partial charge >= 0.3 is 5.97 Å². The van der Waals surface area contributed by atoms with Crippen molar-refractivity contribution in [2.24, 2.45) is 28.2 Å². The van der Waals surface area contributed by atoms with E-state index < -0.39 is 0 Å². The molecule has 0 N–H and O–H groups in total. The van der Waals surface area contributed by atoms with Crippen molar-refractivity contribution in [2.45, 2.75) is 45.1 Å². The van der Waals surface area contributed by atoms with Crippen molar-refractivity contribution in [1.29, 1.82) is 0 Å². The summed E-state index contributed by atoms with van der Waals surface area (Å²) in [4.78, 5) is 30.6. The van der Waals surface area contributed by atoms with Gasteiger partial charge in [-0.2, -0.15) is 4.99 Å². The zero-order chi connectivity index (χ0) is 19.5. The van der Waals surface area contributed by atoms with Gasteiger partial charge in [-0.05, 0) is 74.5 Å². The lowest BCUT2D eigenvalue weighted by molar-refractivity contribution is -0.143. The van der Waals surface area contributed by atoms with Gasteiger partial charge in [0.1, 0.15) is 6.54 Å². The molecule has 5 nitrogen and oxygen atoms in total. The number of carbonyl (C=O) groups excluding carboxylic acids is 2. The fourth-order valence-electron chi connectivity index (χ4n) is 6.06. The van der Waals surface area contributed by atoms with Crippen molar-refractivity contribution < 1.29 is 14.3 Å². The molecule has 1 amide bonds. The third-order valence-corrected chi connectivity index (χ3v) is 8.38. The molecule has 4 bridgehead atoms. The highest BCUT2D eigenvalue weighted by Crippen LogP contribution is 2.60. The number of aromatic nitrogens is 1. The second-order valence-corrected chi connectivity index (χ2v) is 10.7. The molecule has 7 heteroatoms. The van der Waals surface area contributed by atoms with Crippen LogP contribution < -0.4 is 4.80 Å². The van der Waals surface area contributed by atoms with Crippen LogP contribution in [0.3, 0.4) is 0 Å². The highest BCUT2D eigenvalue weighted by atomic mass is 79.9. The lowest BCUT2D eigenvalue weighted by Gasteiger charge is -2.55. The van der Waals surface area contributed by atoms with E-state index in [1.54, 1.807) is 0 Å². The maximum Gasteiger partial charge on any atom is 0.325 e. The number of benzene rings is 1. The predicted octanol–water partition coefficient (Wildman–Crippen LogP) is 4.28. The molecule has 4 aliphatic rings. The molecular formula is C21H23BrN2O3S. The summed E-state index contributed by atoms with van der Waals surface area (Å²) < 4.78 is 8.64. The van der Waals surface area contributed by atoms with Crippen LogP contribution in [-0.4, -0.2) is 23.6 Å². The molecule has 6 rings (SSSR count). The number of rotatable bonds is 3. The Labute approximate surface area is 175 Å². The van der Waals surface area contributed by atoms with Gasteiger partial charge < -0.3 is 9.30 Å². The summed E-state index contributed by atoms with van der Waals surface area (Å²) in [5.41, 5.74) is 0.630. The first-order chi connectivity index (χ1) is 13.5. The molecule has 4 saturated carbocycles. The average Bonchev–Trinajstić information content (AvgIpc) is 2.96. The molecule has 0 atom stereocenters. The molecule has 0 spiro atoms. The normalized spacial score (nSPS) is 31.5. The molecule has 0 unspecified atom stereocenters. The molecule has 4 fully saturated rings. The molecular weight excluding hydrogens is 440 g/mol. The molecule has 0 saturated heterocycles. The number of carbonyl (C=O) groups is 2. The molecule has 0 aliphatic heterocycles. The van der Waals surface area contributed by atoms with Gasteiger partial charge in [-0.25, -0.2) is 0 Å². The average molecular weight is 463 g/mol. The van der Waals surface area contributed by atoms with Crippen LogP contribution in [0.4, 0.5) is 0 Å². The minimum Gasteiger partial charge on any atom is -0.468 e. The van der Waals surface area contributed by atoms with Crippen LogP contribution in [0.2, 0.25) is 0 Å². The lowest BCUT2D eigenvalue weighted by atomic mass is 9.49. The summed E-state index contributed by atoms with van der Waals surface area (Å²) >= 11 is 4.96. The fraction of sp³-hybridized carbons (Fsp3) is 0.571. The molecule has 1 aromatic heterocycles. The summed E-state index contributed by atoms with van der Waals surface area (Å²) in [7, 11) is 1.38. The van der Waals surface area contributed by atoms with Gasteiger partial charge in [0.25, 0.3) is 5.91 Å². The van der Waals surface area contributed by atoms with E-state index in [0.717, 1.165) is 34.0 Å². The summed E-state index contributed by atoms with van der Waals surface area (Å²) in [5, 5.41) is 0. The third-order valence-electron chi connectivity index (χ3n) is 6.85. The molecule has 0 radical (unpaired) electrons. The monoisotopic (exact) mass is 462 g/mol. The van der Waals surface area contributed by atoms with Crippen LogP contribution in [-0.2, 0) is 20.9 Å². The minimum absolute atomic E-state index is 0.0239. The molecule has 4 aliphatic carbocycles. The molecule has 1 aromatic carbocycles. The van der Waals surface area contributed by atoms with Crippen molar-refractivity contribution in [1.82, 2.24) is 4.57 Å². The lowest BCUT2D eigenvalue weighted by Crippen LogP contribution is -2.50. The molecule has 148 valence electrons. The SMILES string of the molecule is COC(=O)Cn1c(=NC(=O)C23CC4CC(CC(C4)C2)C3)sc2cc(Br)ccc21. The molecule has 28 heavy (non-hydrogen) atoms. The highest BCUT2D eigenvalue weighted by molar-refractivity contribution is 9.10. The summed E-state index contributed by atoms with van der Waals surface area (Å²) in [6.45, 7) is 0.0606. The van der Waals surface area contributed by atoms with Gasteiger partial charge in [-0.3, -0.25) is 9.59 Å². The van der Waals surface area contributed by atoms with Gasteiger partial charge in [-0.15, -0.1) is 0 Å². The van der Waals surface area contributed by atoms with Crippen LogP contribution in [0.15, 0.2) is 27.7 Å². The van der Waals surface area contributed by atoms with E-state index in [2.05, 4.69) is 20.9 Å². The van der Waals surface area contributed by atoms with E-state index in [0.29, 0.717) is 22.6 Å². The Morgan fingerprint density at radius 3 is 2.46 bits per heavy atom. The Hall–Kier alpha value is -1.47. The second kappa shape index (κ2) is 6.80. The van der Waals surface area contributed by atoms with E-state index in [1.165, 1.54) is 37.7 Å². The van der Waals surface area contributed by atoms with Crippen LogP contribution in [0.1, 0.15) is 38.5 Å². The van der Waals surface area contributed by atoms with Crippen LogP contribution >= 0.6 is 27.3 Å². The van der Waals surface area contributed by atoms with Crippen LogP contribution in [0.5, 0.6) is 0 Å². The fourth-order valence-corrected chi connectivity index (χ4v) is 7.64. The van der Waals surface area contributed by atoms with E-state index >= 15 is 0 Å². The maximum absolute atomic E-state index is 13.4. The standard InChI is InChI=1S/C21H23BrN2O3S/c1-27-18(25)11-24-16-3-2-15(22)7-17(16)28-20(24)23-19(26)21-8-12-4-13(9-21)6-14(5-12)10-21/h2-3,7,12-14H,4-6,8-11H2,1H3. The van der Waals surface area contributed by atoms with Crippen molar-refractivity contribution in [3.8, 4) is 0 Å². The topological polar surface area (TPSA) is 60.7 Å². The number of esters is 1. The smallest absolute Gasteiger partial charge is 0.325 e. The highest BCUT2D eigenvalue weighted by Gasteiger charge is 2.54. The number of hydrogen-bond donors (Lipinski definition) is 0. The molecule has 1 heterocycles. The van der Waals surface area contributed by atoms with Crippen LogP contribution in [0.25, 0.3) is 10.2 Å². The number of thiazole rings is 1. The Morgan fingerprint density at radius 2 is 1.86 bits per heavy atom. The first kappa shape index (κ1) is 18.6. The van der Waals surface area contributed by atoms with Crippen molar-refractivity contribution in [3.63, 3.8) is 0 Å². The number of halogens is 1. The van der Waals surface area contributed by atoms with E-state index in [-0.39, 0.29) is 23.8 Å². The van der Waals surface area contributed by atoms with Gasteiger partial charge in [0.2, 0.25) is 0 Å². The maximum atomic E-state index is 13.4. The first-order valence-corrected chi connectivity index (χ1v) is 11.5. The summed E-state index contributed by atoms with van der Waals surface area (Å²) in [5.74, 6) is 1.78. The Balaban J connectivity index is 1.58. The quantitative estimate of drug-likeness (QED) is 0.639. The number of fused-ring (bicyclic) bond motifs is 1. The number of methoxy groups -OCH3 is 1. The summed E-state index contributed by atoms with van der Waals surface area (Å²) in [6, 6.07) is 5.89. The van der Waals surface area contributed by atoms with Gasteiger partial charge in [-0.1, -0.05) is 27.3 Å². The Bertz CT molecular complexity index is 1000. The predicted molar refractivity (Wildman–Crippen MR) is 111 cm³/mol. The minimum atomic E-state index is -0.341. The Morgan fingerprint density at radius 1 is 1.21 bits per heavy atom. The zero-order valence-electron chi connectivity index (χ0n) is 15.8. The van der Waals surface area contributed by atoms with E-state index in [4.69, 9.17) is 4.74 Å². The van der Waals surface area contributed by atoms with Crippen molar-refractivity contribution in [2.75, 3.05) is 7.11 Å². The van der Waals surface area contributed by atoms with Crippen LogP contribution in [0, 0.1) is 23.2 Å². The van der Waals surface area contributed by atoms with E-state index in [1.807, 2.05) is 22.8 Å². The Kier molecular flexibility index (Phi) is 4.51. The van der Waals surface area contributed by atoms with E-state index in [9.17, 15) is 9.59 Å². The van der Waals surface area contributed by atoms with Gasteiger partial charge in [0, 0.05) is 4.47 Å². The third kappa shape index (κ3) is 3.07.